The van der Waals surface area contributed by atoms with Crippen LogP contribution in [0.5, 0.6) is 0 Å². The summed E-state index contributed by atoms with van der Waals surface area (Å²) in [6.07, 6.45) is 2.68. The molecule has 2 unspecified atom stereocenters. The van der Waals surface area contributed by atoms with Crippen LogP contribution in [0.3, 0.4) is 0 Å². The first kappa shape index (κ1) is 17.3. The number of hydrogen-bond acceptors (Lipinski definition) is 3. The molecule has 26 heavy (non-hydrogen) atoms. The van der Waals surface area contributed by atoms with Crippen LogP contribution in [0, 0.1) is 5.82 Å². The van der Waals surface area contributed by atoms with Crippen molar-refractivity contribution in [1.82, 2.24) is 15.1 Å². The van der Waals surface area contributed by atoms with Crippen LogP contribution in [-0.2, 0) is 17.7 Å². The van der Waals surface area contributed by atoms with Crippen molar-refractivity contribution in [2.24, 2.45) is 0 Å². The van der Waals surface area contributed by atoms with Gasteiger partial charge in [0, 0.05) is 36.0 Å². The highest BCUT2D eigenvalue weighted by atomic mass is 35.5. The maximum absolute atomic E-state index is 13.3. The number of urea groups is 1. The van der Waals surface area contributed by atoms with Gasteiger partial charge in [0.15, 0.2) is 0 Å². The quantitative estimate of drug-likeness (QED) is 0.828. The number of carbonyl (C=O) groups is 1. The van der Waals surface area contributed by atoms with Crippen molar-refractivity contribution >= 4 is 23.3 Å². The number of aromatic nitrogens is 2. The summed E-state index contributed by atoms with van der Waals surface area (Å²) < 4.78 is 19.1. The topological polar surface area (TPSA) is 70.2 Å². The summed E-state index contributed by atoms with van der Waals surface area (Å²) in [5, 5.41) is 10.3. The molecular formula is C18H20ClFN4O2. The lowest BCUT2D eigenvalue weighted by Gasteiger charge is -2.33. The summed E-state index contributed by atoms with van der Waals surface area (Å²) in [6.45, 7) is 3.20. The van der Waals surface area contributed by atoms with Gasteiger partial charge in [0.1, 0.15) is 11.9 Å². The van der Waals surface area contributed by atoms with Gasteiger partial charge < -0.3 is 15.0 Å². The summed E-state index contributed by atoms with van der Waals surface area (Å²) in [5.74, 6) is -0.514. The standard InChI is InChI=1S/C18H20ClFN4O2/c1-10-7-15-12(17(23-22-15)16-3-2-6-26-16)9-24(10)18(25)21-11-4-5-14(20)13(19)8-11/h4-5,8,10,16H,2-3,6-7,9H2,1H3,(H,21,25)(H,22,23). The van der Waals surface area contributed by atoms with Crippen LogP contribution >= 0.6 is 11.6 Å². The monoisotopic (exact) mass is 378 g/mol. The number of benzene rings is 1. The van der Waals surface area contributed by atoms with Crippen LogP contribution in [0.25, 0.3) is 0 Å². The molecule has 0 bridgehead atoms. The van der Waals surface area contributed by atoms with Gasteiger partial charge in [-0.2, -0.15) is 5.10 Å². The number of ether oxygens (including phenoxy) is 1. The zero-order valence-corrected chi connectivity index (χ0v) is 15.1. The molecule has 4 rings (SSSR count). The Morgan fingerprint density at radius 2 is 2.35 bits per heavy atom. The molecule has 1 aromatic carbocycles. The highest BCUT2D eigenvalue weighted by molar-refractivity contribution is 6.31. The van der Waals surface area contributed by atoms with Crippen LogP contribution in [-0.4, -0.2) is 33.8 Å². The molecule has 0 aliphatic carbocycles. The largest absolute Gasteiger partial charge is 0.372 e. The molecular weight excluding hydrogens is 359 g/mol. The van der Waals surface area contributed by atoms with Crippen molar-refractivity contribution in [3.63, 3.8) is 0 Å². The number of nitrogens with one attached hydrogen (secondary N) is 2. The number of H-pyrrole nitrogens is 1. The van der Waals surface area contributed by atoms with E-state index in [0.29, 0.717) is 18.7 Å². The number of fused-ring (bicyclic) bond motifs is 1. The first-order chi connectivity index (χ1) is 12.5. The van der Waals surface area contributed by atoms with Gasteiger partial charge in [-0.05, 0) is 38.0 Å². The summed E-state index contributed by atoms with van der Waals surface area (Å²) in [5.41, 5.74) is 3.48. The smallest absolute Gasteiger partial charge is 0.322 e. The normalized spacial score (nSPS) is 22.3. The fourth-order valence-electron chi connectivity index (χ4n) is 3.60. The molecule has 2 aliphatic rings. The van der Waals surface area contributed by atoms with E-state index in [9.17, 15) is 9.18 Å². The lowest BCUT2D eigenvalue weighted by atomic mass is 9.97. The highest BCUT2D eigenvalue weighted by Crippen LogP contribution is 2.34. The van der Waals surface area contributed by atoms with E-state index >= 15 is 0 Å². The molecule has 0 spiro atoms. The molecule has 2 N–H and O–H groups in total. The van der Waals surface area contributed by atoms with Crippen molar-refractivity contribution in [3.8, 4) is 0 Å². The average molecular weight is 379 g/mol. The van der Waals surface area contributed by atoms with Gasteiger partial charge in [-0.3, -0.25) is 5.10 Å². The summed E-state index contributed by atoms with van der Waals surface area (Å²) in [4.78, 5) is 14.5. The zero-order chi connectivity index (χ0) is 18.3. The number of anilines is 1. The molecule has 0 radical (unpaired) electrons. The van der Waals surface area contributed by atoms with Crippen molar-refractivity contribution in [1.29, 1.82) is 0 Å². The van der Waals surface area contributed by atoms with Crippen molar-refractivity contribution in [2.45, 2.75) is 44.9 Å². The predicted molar refractivity (Wildman–Crippen MR) is 95.7 cm³/mol. The van der Waals surface area contributed by atoms with Crippen LogP contribution in [0.2, 0.25) is 5.02 Å². The lowest BCUT2D eigenvalue weighted by Crippen LogP contribution is -2.45. The van der Waals surface area contributed by atoms with Gasteiger partial charge >= 0.3 is 6.03 Å². The lowest BCUT2D eigenvalue weighted by molar-refractivity contribution is 0.106. The molecule has 2 atom stereocenters. The molecule has 0 saturated carbocycles. The fourth-order valence-corrected chi connectivity index (χ4v) is 3.78. The Morgan fingerprint density at radius 1 is 1.50 bits per heavy atom. The molecule has 2 amide bonds. The van der Waals surface area contributed by atoms with Crippen LogP contribution in [0.4, 0.5) is 14.9 Å². The van der Waals surface area contributed by atoms with E-state index in [1.807, 2.05) is 6.92 Å². The van der Waals surface area contributed by atoms with E-state index in [2.05, 4.69) is 15.5 Å². The van der Waals surface area contributed by atoms with E-state index in [0.717, 1.165) is 36.4 Å². The molecule has 1 fully saturated rings. The van der Waals surface area contributed by atoms with Gasteiger partial charge in [0.25, 0.3) is 0 Å². The minimum Gasteiger partial charge on any atom is -0.372 e. The minimum absolute atomic E-state index is 0.00391. The third-order valence-electron chi connectivity index (χ3n) is 5.01. The van der Waals surface area contributed by atoms with Crippen LogP contribution < -0.4 is 5.32 Å². The van der Waals surface area contributed by atoms with Crippen molar-refractivity contribution in [3.05, 3.63) is 46.0 Å². The zero-order valence-electron chi connectivity index (χ0n) is 14.4. The Bertz CT molecular complexity index is 835. The van der Waals surface area contributed by atoms with E-state index in [1.54, 1.807) is 4.90 Å². The van der Waals surface area contributed by atoms with Gasteiger partial charge in [-0.1, -0.05) is 11.6 Å². The summed E-state index contributed by atoms with van der Waals surface area (Å²) >= 11 is 5.79. The predicted octanol–water partition coefficient (Wildman–Crippen LogP) is 4.03. The second kappa shape index (κ2) is 6.89. The van der Waals surface area contributed by atoms with Gasteiger partial charge in [0.2, 0.25) is 0 Å². The van der Waals surface area contributed by atoms with E-state index in [-0.39, 0.29) is 23.2 Å². The fraction of sp³-hybridized carbons (Fsp3) is 0.444. The van der Waals surface area contributed by atoms with Gasteiger partial charge in [0.05, 0.1) is 17.3 Å². The molecule has 2 aromatic rings. The number of hydrogen-bond donors (Lipinski definition) is 2. The number of carbonyl (C=O) groups excluding carboxylic acids is 1. The Kier molecular flexibility index (Phi) is 4.58. The summed E-state index contributed by atoms with van der Waals surface area (Å²) in [7, 11) is 0. The van der Waals surface area contributed by atoms with E-state index in [4.69, 9.17) is 16.3 Å². The number of amides is 2. The first-order valence-corrected chi connectivity index (χ1v) is 9.11. The molecule has 8 heteroatoms. The number of aromatic amines is 1. The first-order valence-electron chi connectivity index (χ1n) is 8.73. The molecule has 6 nitrogen and oxygen atoms in total. The molecule has 3 heterocycles. The van der Waals surface area contributed by atoms with Crippen LogP contribution in [0.15, 0.2) is 18.2 Å². The molecule has 138 valence electrons. The number of rotatable bonds is 2. The Labute approximate surface area is 155 Å². The second-order valence-electron chi connectivity index (χ2n) is 6.81. The second-order valence-corrected chi connectivity index (χ2v) is 7.21. The molecule has 1 aromatic heterocycles. The Balaban J connectivity index is 1.53. The van der Waals surface area contributed by atoms with Crippen molar-refractivity contribution < 1.29 is 13.9 Å². The third kappa shape index (κ3) is 3.17. The van der Waals surface area contributed by atoms with E-state index in [1.165, 1.54) is 18.2 Å². The maximum Gasteiger partial charge on any atom is 0.322 e. The Morgan fingerprint density at radius 3 is 3.08 bits per heavy atom. The summed E-state index contributed by atoms with van der Waals surface area (Å²) in [6, 6.07) is 3.90. The number of nitrogens with zero attached hydrogens (tertiary/aromatic N) is 2. The third-order valence-corrected chi connectivity index (χ3v) is 5.30. The highest BCUT2D eigenvalue weighted by Gasteiger charge is 2.33. The molecule has 1 saturated heterocycles. The van der Waals surface area contributed by atoms with Gasteiger partial charge in [-0.25, -0.2) is 9.18 Å². The SMILES string of the molecule is CC1Cc2[nH]nc(C3CCCO3)c2CN1C(=O)Nc1ccc(F)c(Cl)c1. The van der Waals surface area contributed by atoms with E-state index < -0.39 is 5.82 Å². The van der Waals surface area contributed by atoms with Crippen molar-refractivity contribution in [2.75, 3.05) is 11.9 Å². The van der Waals surface area contributed by atoms with Crippen LogP contribution in [0.1, 0.15) is 42.8 Å². The average Bonchev–Trinajstić information content (AvgIpc) is 3.26. The van der Waals surface area contributed by atoms with Gasteiger partial charge in [-0.15, -0.1) is 0 Å². The minimum atomic E-state index is -0.514. The maximum atomic E-state index is 13.3. The number of halogens is 2. The molecule has 2 aliphatic heterocycles. The Hall–Kier alpha value is -2.12.